The molecule has 0 aliphatic carbocycles. The SMILES string of the molecule is O=C(NC1CS(=O)(=O)CC1Cl)c1cccc(F)c1Cl. The number of hydrogen-bond donors (Lipinski definition) is 1. The Morgan fingerprint density at radius 2 is 2.05 bits per heavy atom. The Morgan fingerprint density at radius 1 is 1.37 bits per heavy atom. The molecule has 0 spiro atoms. The summed E-state index contributed by atoms with van der Waals surface area (Å²) in [6.07, 6.45) is 0. The molecule has 1 aromatic carbocycles. The zero-order chi connectivity index (χ0) is 14.2. The van der Waals surface area contributed by atoms with Gasteiger partial charge >= 0.3 is 0 Å². The van der Waals surface area contributed by atoms with Gasteiger partial charge in [-0.25, -0.2) is 12.8 Å². The van der Waals surface area contributed by atoms with Crippen molar-refractivity contribution in [3.05, 3.63) is 34.6 Å². The molecule has 1 N–H and O–H groups in total. The van der Waals surface area contributed by atoms with Crippen molar-refractivity contribution in [2.75, 3.05) is 11.5 Å². The van der Waals surface area contributed by atoms with E-state index in [4.69, 9.17) is 23.2 Å². The average Bonchev–Trinajstić information content (AvgIpc) is 2.55. The van der Waals surface area contributed by atoms with Crippen LogP contribution >= 0.6 is 23.2 Å². The summed E-state index contributed by atoms with van der Waals surface area (Å²) in [5.41, 5.74) is -0.0465. The lowest BCUT2D eigenvalue weighted by molar-refractivity contribution is 0.0941. The Morgan fingerprint density at radius 3 is 2.63 bits per heavy atom. The summed E-state index contributed by atoms with van der Waals surface area (Å²) in [5.74, 6) is -1.76. The molecule has 0 aromatic heterocycles. The van der Waals surface area contributed by atoms with E-state index < -0.39 is 33.0 Å². The first-order chi connectivity index (χ1) is 8.80. The Bertz CT molecular complexity index is 620. The van der Waals surface area contributed by atoms with E-state index in [1.165, 1.54) is 12.1 Å². The maximum absolute atomic E-state index is 13.2. The zero-order valence-electron chi connectivity index (χ0n) is 9.57. The highest BCUT2D eigenvalue weighted by Gasteiger charge is 2.37. The van der Waals surface area contributed by atoms with E-state index in [2.05, 4.69) is 5.32 Å². The molecule has 1 aromatic rings. The van der Waals surface area contributed by atoms with E-state index in [1.807, 2.05) is 0 Å². The number of amides is 1. The standard InChI is InChI=1S/C11H10Cl2FNO3S/c12-7-4-19(17,18)5-9(7)15-11(16)6-2-1-3-8(14)10(6)13/h1-3,7,9H,4-5H2,(H,15,16). The van der Waals surface area contributed by atoms with Crippen molar-refractivity contribution in [2.45, 2.75) is 11.4 Å². The highest BCUT2D eigenvalue weighted by atomic mass is 35.5. The number of halogens is 3. The van der Waals surface area contributed by atoms with Crippen LogP contribution in [0.25, 0.3) is 0 Å². The van der Waals surface area contributed by atoms with Crippen molar-refractivity contribution in [2.24, 2.45) is 0 Å². The quantitative estimate of drug-likeness (QED) is 0.840. The molecule has 1 amide bonds. The number of sulfone groups is 1. The second-order valence-corrected chi connectivity index (χ2v) is 7.37. The average molecular weight is 326 g/mol. The fraction of sp³-hybridized carbons (Fsp3) is 0.364. The minimum absolute atomic E-state index is 0.0465. The molecule has 2 rings (SSSR count). The van der Waals surface area contributed by atoms with E-state index in [0.717, 1.165) is 6.07 Å². The van der Waals surface area contributed by atoms with Gasteiger partial charge in [0.2, 0.25) is 0 Å². The minimum Gasteiger partial charge on any atom is -0.347 e. The highest BCUT2D eigenvalue weighted by Crippen LogP contribution is 2.22. The fourth-order valence-corrected chi connectivity index (χ4v) is 4.62. The molecule has 1 heterocycles. The summed E-state index contributed by atoms with van der Waals surface area (Å²) in [4.78, 5) is 11.9. The fourth-order valence-electron chi connectivity index (χ4n) is 1.86. The van der Waals surface area contributed by atoms with Crippen molar-refractivity contribution in [3.63, 3.8) is 0 Å². The summed E-state index contributed by atoms with van der Waals surface area (Å²) in [6.45, 7) is 0. The van der Waals surface area contributed by atoms with Gasteiger partial charge in [-0.15, -0.1) is 11.6 Å². The predicted octanol–water partition coefficient (Wildman–Crippen LogP) is 1.61. The smallest absolute Gasteiger partial charge is 0.253 e. The van der Waals surface area contributed by atoms with Crippen LogP contribution in [0.5, 0.6) is 0 Å². The molecule has 2 atom stereocenters. The van der Waals surface area contributed by atoms with Crippen LogP contribution in [0, 0.1) is 5.82 Å². The number of rotatable bonds is 2. The number of benzene rings is 1. The molecular weight excluding hydrogens is 316 g/mol. The second kappa shape index (κ2) is 5.26. The monoisotopic (exact) mass is 325 g/mol. The molecule has 1 aliphatic rings. The molecule has 1 aliphatic heterocycles. The number of alkyl halides is 1. The first-order valence-electron chi connectivity index (χ1n) is 5.39. The Kier molecular flexibility index (Phi) is 4.03. The molecule has 19 heavy (non-hydrogen) atoms. The van der Waals surface area contributed by atoms with Crippen LogP contribution in [0.3, 0.4) is 0 Å². The third-order valence-corrected chi connectivity index (χ3v) is 5.56. The highest BCUT2D eigenvalue weighted by molar-refractivity contribution is 7.91. The maximum Gasteiger partial charge on any atom is 0.253 e. The van der Waals surface area contributed by atoms with Gasteiger partial charge in [0.15, 0.2) is 9.84 Å². The summed E-state index contributed by atoms with van der Waals surface area (Å²) in [7, 11) is -3.24. The first-order valence-corrected chi connectivity index (χ1v) is 8.03. The normalized spacial score (nSPS) is 25.2. The van der Waals surface area contributed by atoms with Gasteiger partial charge in [0.25, 0.3) is 5.91 Å². The topological polar surface area (TPSA) is 63.2 Å². The third kappa shape index (κ3) is 3.19. The molecule has 104 valence electrons. The van der Waals surface area contributed by atoms with Crippen molar-refractivity contribution in [3.8, 4) is 0 Å². The summed E-state index contributed by atoms with van der Waals surface area (Å²) in [6, 6.07) is 3.13. The lowest BCUT2D eigenvalue weighted by Gasteiger charge is -2.15. The van der Waals surface area contributed by atoms with Gasteiger partial charge in [0.05, 0.1) is 33.5 Å². The molecule has 0 radical (unpaired) electrons. The molecule has 0 saturated carbocycles. The van der Waals surface area contributed by atoms with Gasteiger partial charge in [0, 0.05) is 0 Å². The number of hydrogen-bond acceptors (Lipinski definition) is 3. The zero-order valence-corrected chi connectivity index (χ0v) is 11.9. The van der Waals surface area contributed by atoms with Gasteiger partial charge in [0.1, 0.15) is 5.82 Å². The molecule has 0 bridgehead atoms. The van der Waals surface area contributed by atoms with E-state index in [0.29, 0.717) is 0 Å². The molecule has 4 nitrogen and oxygen atoms in total. The molecule has 8 heteroatoms. The van der Waals surface area contributed by atoms with Crippen LogP contribution < -0.4 is 5.32 Å². The van der Waals surface area contributed by atoms with Crippen molar-refractivity contribution in [1.29, 1.82) is 0 Å². The maximum atomic E-state index is 13.2. The van der Waals surface area contributed by atoms with E-state index in [9.17, 15) is 17.6 Å². The van der Waals surface area contributed by atoms with Gasteiger partial charge in [-0.05, 0) is 12.1 Å². The Balaban J connectivity index is 2.16. The van der Waals surface area contributed by atoms with E-state index in [-0.39, 0.29) is 22.1 Å². The van der Waals surface area contributed by atoms with Gasteiger partial charge in [-0.2, -0.15) is 0 Å². The molecule has 2 unspecified atom stereocenters. The van der Waals surface area contributed by atoms with E-state index >= 15 is 0 Å². The van der Waals surface area contributed by atoms with Gasteiger partial charge in [-0.3, -0.25) is 4.79 Å². The Hall–Kier alpha value is -0.850. The summed E-state index contributed by atoms with van der Waals surface area (Å²) < 4.78 is 36.0. The predicted molar refractivity (Wildman–Crippen MR) is 71.0 cm³/mol. The van der Waals surface area contributed by atoms with Crippen LogP contribution in [0.1, 0.15) is 10.4 Å². The van der Waals surface area contributed by atoms with Crippen LogP contribution in [-0.4, -0.2) is 37.2 Å². The summed E-state index contributed by atoms with van der Waals surface area (Å²) >= 11 is 11.5. The number of carbonyl (C=O) groups excluding carboxylic acids is 1. The first kappa shape index (κ1) is 14.6. The minimum atomic E-state index is -3.24. The van der Waals surface area contributed by atoms with Crippen molar-refractivity contribution in [1.82, 2.24) is 5.32 Å². The van der Waals surface area contributed by atoms with Gasteiger partial charge < -0.3 is 5.32 Å². The molecular formula is C11H10Cl2FNO3S. The molecule has 1 saturated heterocycles. The van der Waals surface area contributed by atoms with Crippen LogP contribution in [0.15, 0.2) is 18.2 Å². The third-order valence-electron chi connectivity index (χ3n) is 2.80. The Labute approximate surface area is 119 Å². The van der Waals surface area contributed by atoms with Crippen molar-refractivity contribution >= 4 is 38.9 Å². The van der Waals surface area contributed by atoms with Crippen LogP contribution in [0.4, 0.5) is 4.39 Å². The largest absolute Gasteiger partial charge is 0.347 e. The van der Waals surface area contributed by atoms with Crippen LogP contribution in [-0.2, 0) is 9.84 Å². The lowest BCUT2D eigenvalue weighted by Crippen LogP contribution is -2.40. The summed E-state index contributed by atoms with van der Waals surface area (Å²) in [5, 5.41) is 1.48. The number of carbonyl (C=O) groups is 1. The number of nitrogens with one attached hydrogen (secondary N) is 1. The molecule has 1 fully saturated rings. The van der Waals surface area contributed by atoms with Crippen LogP contribution in [0.2, 0.25) is 5.02 Å². The van der Waals surface area contributed by atoms with E-state index in [1.54, 1.807) is 0 Å². The lowest BCUT2D eigenvalue weighted by atomic mass is 10.1. The van der Waals surface area contributed by atoms with Gasteiger partial charge in [-0.1, -0.05) is 17.7 Å². The second-order valence-electron chi connectivity index (χ2n) is 4.27. The van der Waals surface area contributed by atoms with Crippen molar-refractivity contribution < 1.29 is 17.6 Å².